The molecule has 0 aliphatic carbocycles. The highest BCUT2D eigenvalue weighted by Gasteiger charge is 2.30. The van der Waals surface area contributed by atoms with Crippen molar-refractivity contribution in [1.82, 2.24) is 24.6 Å². The number of alkyl halides is 3. The molecule has 0 fully saturated rings. The number of hydrogen-bond donors (Lipinski definition) is 1. The molecule has 0 atom stereocenters. The van der Waals surface area contributed by atoms with E-state index in [4.69, 9.17) is 27.9 Å². The predicted octanol–water partition coefficient (Wildman–Crippen LogP) is 4.16. The fourth-order valence-electron chi connectivity index (χ4n) is 3.40. The summed E-state index contributed by atoms with van der Waals surface area (Å²) >= 11 is 11.8. The van der Waals surface area contributed by atoms with Gasteiger partial charge in [0.25, 0.3) is 11.5 Å². The summed E-state index contributed by atoms with van der Waals surface area (Å²) in [6.07, 6.45) is -1.89. The van der Waals surface area contributed by atoms with Gasteiger partial charge in [-0.05, 0) is 35.9 Å². The molecule has 0 aliphatic rings. The van der Waals surface area contributed by atoms with Crippen LogP contribution in [0.2, 0.25) is 10.0 Å². The number of halogens is 5. The van der Waals surface area contributed by atoms with Gasteiger partial charge in [0.1, 0.15) is 17.5 Å². The number of carbonyl (C=O) groups is 1. The molecule has 36 heavy (non-hydrogen) atoms. The summed E-state index contributed by atoms with van der Waals surface area (Å²) in [5, 5.41) is 7.74. The van der Waals surface area contributed by atoms with Crippen LogP contribution >= 0.6 is 23.2 Å². The van der Waals surface area contributed by atoms with Gasteiger partial charge in [-0.25, -0.2) is 9.67 Å². The lowest BCUT2D eigenvalue weighted by molar-refractivity contribution is -0.137. The number of carbonyl (C=O) groups excluding carboxylic acids is 1. The average molecular weight is 540 g/mol. The summed E-state index contributed by atoms with van der Waals surface area (Å²) in [4.78, 5) is 29.1. The van der Waals surface area contributed by atoms with Crippen molar-refractivity contribution in [2.24, 2.45) is 0 Å². The van der Waals surface area contributed by atoms with E-state index in [1.54, 1.807) is 12.1 Å². The second kappa shape index (κ2) is 10.6. The lowest BCUT2D eigenvalue weighted by atomic mass is 10.1. The summed E-state index contributed by atoms with van der Waals surface area (Å²) < 4.78 is 46.9. The predicted molar refractivity (Wildman–Crippen MR) is 127 cm³/mol. The summed E-state index contributed by atoms with van der Waals surface area (Å²) in [5.41, 5.74) is -0.636. The highest BCUT2D eigenvalue weighted by molar-refractivity contribution is 6.35. The maximum Gasteiger partial charge on any atom is 0.416 e. The molecule has 0 unspecified atom stereocenters. The lowest BCUT2D eigenvalue weighted by Gasteiger charge is -2.10. The first kappa shape index (κ1) is 25.5. The highest BCUT2D eigenvalue weighted by Crippen LogP contribution is 2.30. The molecule has 0 aliphatic heterocycles. The van der Waals surface area contributed by atoms with Crippen molar-refractivity contribution in [2.45, 2.75) is 19.3 Å². The van der Waals surface area contributed by atoms with Crippen molar-refractivity contribution >= 4 is 40.1 Å². The van der Waals surface area contributed by atoms with Crippen molar-refractivity contribution in [3.8, 4) is 5.75 Å². The van der Waals surface area contributed by atoms with Gasteiger partial charge in [0.2, 0.25) is 0 Å². The van der Waals surface area contributed by atoms with Gasteiger partial charge in [0.05, 0.1) is 29.9 Å². The third-order valence-electron chi connectivity index (χ3n) is 5.13. The van der Waals surface area contributed by atoms with Gasteiger partial charge in [0.15, 0.2) is 12.3 Å². The zero-order chi connectivity index (χ0) is 25.9. The van der Waals surface area contributed by atoms with Crippen LogP contribution in [-0.4, -0.2) is 38.4 Å². The van der Waals surface area contributed by atoms with Crippen LogP contribution in [0.4, 0.5) is 13.2 Å². The summed E-state index contributed by atoms with van der Waals surface area (Å²) in [7, 11) is 0. The van der Waals surface area contributed by atoms with E-state index in [1.807, 2.05) is 0 Å². The topological polar surface area (TPSA) is 91.0 Å². The number of nitrogens with one attached hydrogen (secondary N) is 1. The minimum atomic E-state index is -4.48. The molecule has 4 rings (SSSR count). The Morgan fingerprint density at radius 1 is 1.14 bits per heavy atom. The Hall–Kier alpha value is -3.57. The van der Waals surface area contributed by atoms with Crippen molar-refractivity contribution in [3.05, 3.63) is 86.5 Å². The number of rotatable bonds is 8. The SMILES string of the molecule is O=C(COc1ccc(Cl)cc1Cl)NCCn1ncc2c(=O)n(Cc3cccc(C(F)(F)F)c3)cnc21. The van der Waals surface area contributed by atoms with Crippen LogP contribution in [0.3, 0.4) is 0 Å². The first-order valence-electron chi connectivity index (χ1n) is 10.5. The van der Waals surface area contributed by atoms with E-state index in [0.29, 0.717) is 22.0 Å². The van der Waals surface area contributed by atoms with E-state index in [0.717, 1.165) is 12.1 Å². The normalized spacial score (nSPS) is 11.6. The first-order chi connectivity index (χ1) is 17.1. The van der Waals surface area contributed by atoms with Crippen LogP contribution < -0.4 is 15.6 Å². The van der Waals surface area contributed by atoms with Crippen molar-refractivity contribution in [1.29, 1.82) is 0 Å². The van der Waals surface area contributed by atoms with Crippen LogP contribution in [0, 0.1) is 0 Å². The third kappa shape index (κ3) is 5.97. The molecule has 1 N–H and O–H groups in total. The molecule has 1 amide bonds. The zero-order valence-corrected chi connectivity index (χ0v) is 19.9. The van der Waals surface area contributed by atoms with Gasteiger partial charge in [0, 0.05) is 11.6 Å². The smallest absolute Gasteiger partial charge is 0.416 e. The van der Waals surface area contributed by atoms with Gasteiger partial charge in [-0.2, -0.15) is 18.3 Å². The van der Waals surface area contributed by atoms with E-state index in [2.05, 4.69) is 15.4 Å². The summed E-state index contributed by atoms with van der Waals surface area (Å²) in [6.45, 7) is 0.0631. The number of fused-ring (bicyclic) bond motifs is 1. The largest absolute Gasteiger partial charge is 0.482 e. The molecule has 0 radical (unpaired) electrons. The number of amides is 1. The quantitative estimate of drug-likeness (QED) is 0.363. The maximum absolute atomic E-state index is 13.0. The van der Waals surface area contributed by atoms with Gasteiger partial charge in [-0.1, -0.05) is 35.3 Å². The minimum Gasteiger partial charge on any atom is -0.482 e. The van der Waals surface area contributed by atoms with E-state index >= 15 is 0 Å². The number of nitrogens with zero attached hydrogens (tertiary/aromatic N) is 4. The minimum absolute atomic E-state index is 0.0788. The van der Waals surface area contributed by atoms with Crippen molar-refractivity contribution in [2.75, 3.05) is 13.2 Å². The standard InChI is InChI=1S/C23H18Cl2F3N5O3/c24-16-4-5-19(18(25)9-16)36-12-20(34)29-6-7-33-21-17(10-31-33)22(35)32(13-30-21)11-14-2-1-3-15(8-14)23(26,27)28/h1-5,8-10,13H,6-7,11-12H2,(H,29,34). The van der Waals surface area contributed by atoms with E-state index in [9.17, 15) is 22.8 Å². The second-order valence-corrected chi connectivity index (χ2v) is 8.54. The molecule has 2 heterocycles. The molecule has 0 bridgehead atoms. The monoisotopic (exact) mass is 539 g/mol. The number of ether oxygens (including phenoxy) is 1. The summed E-state index contributed by atoms with van der Waals surface area (Å²) in [5.74, 6) is -0.0752. The van der Waals surface area contributed by atoms with E-state index in [1.165, 1.54) is 40.0 Å². The molecule has 4 aromatic rings. The molecule has 0 saturated heterocycles. The Balaban J connectivity index is 1.37. The Morgan fingerprint density at radius 3 is 2.69 bits per heavy atom. The average Bonchev–Trinajstić information content (AvgIpc) is 3.24. The fraction of sp³-hybridized carbons (Fsp3) is 0.217. The number of aromatic nitrogens is 4. The van der Waals surface area contributed by atoms with Crippen molar-refractivity contribution in [3.63, 3.8) is 0 Å². The van der Waals surface area contributed by atoms with E-state index < -0.39 is 23.2 Å². The third-order valence-corrected chi connectivity index (χ3v) is 5.66. The Kier molecular flexibility index (Phi) is 7.51. The van der Waals surface area contributed by atoms with Crippen LogP contribution in [0.15, 0.2) is 59.8 Å². The summed E-state index contributed by atoms with van der Waals surface area (Å²) in [6, 6.07) is 9.39. The molecule has 2 aromatic carbocycles. The second-order valence-electron chi connectivity index (χ2n) is 7.69. The Morgan fingerprint density at radius 2 is 1.94 bits per heavy atom. The first-order valence-corrected chi connectivity index (χ1v) is 11.3. The van der Waals surface area contributed by atoms with E-state index in [-0.39, 0.29) is 36.7 Å². The molecule has 8 nitrogen and oxygen atoms in total. The number of benzene rings is 2. The zero-order valence-electron chi connectivity index (χ0n) is 18.4. The fourth-order valence-corrected chi connectivity index (χ4v) is 3.87. The Labute approximate surface area is 212 Å². The lowest BCUT2D eigenvalue weighted by Crippen LogP contribution is -2.32. The molecular weight excluding hydrogens is 522 g/mol. The van der Waals surface area contributed by atoms with Crippen LogP contribution in [0.25, 0.3) is 11.0 Å². The van der Waals surface area contributed by atoms with Gasteiger partial charge < -0.3 is 10.1 Å². The maximum atomic E-state index is 13.0. The molecule has 0 spiro atoms. The van der Waals surface area contributed by atoms with Crippen LogP contribution in [0.1, 0.15) is 11.1 Å². The molecule has 0 saturated carbocycles. The van der Waals surface area contributed by atoms with Crippen molar-refractivity contribution < 1.29 is 22.7 Å². The van der Waals surface area contributed by atoms with Gasteiger partial charge >= 0.3 is 6.18 Å². The highest BCUT2D eigenvalue weighted by atomic mass is 35.5. The van der Waals surface area contributed by atoms with Gasteiger partial charge in [-0.15, -0.1) is 0 Å². The molecular formula is C23H18Cl2F3N5O3. The van der Waals surface area contributed by atoms with Gasteiger partial charge in [-0.3, -0.25) is 14.2 Å². The van der Waals surface area contributed by atoms with Crippen LogP contribution in [-0.2, 0) is 24.1 Å². The molecule has 2 aromatic heterocycles. The molecule has 13 heteroatoms. The number of hydrogen-bond acceptors (Lipinski definition) is 5. The molecule has 188 valence electrons. The Bertz CT molecular complexity index is 1470. The van der Waals surface area contributed by atoms with Crippen LogP contribution in [0.5, 0.6) is 5.75 Å².